The summed E-state index contributed by atoms with van der Waals surface area (Å²) < 4.78 is 1.53. The van der Waals surface area contributed by atoms with Crippen molar-refractivity contribution in [1.82, 2.24) is 9.78 Å². The average Bonchev–Trinajstić information content (AvgIpc) is 3.12. The highest BCUT2D eigenvalue weighted by Crippen LogP contribution is 2.19. The van der Waals surface area contributed by atoms with Crippen LogP contribution in [-0.2, 0) is 6.54 Å². The van der Waals surface area contributed by atoms with Gasteiger partial charge in [0.25, 0.3) is 17.5 Å². The van der Waals surface area contributed by atoms with E-state index < -0.39 is 16.7 Å². The third kappa shape index (κ3) is 4.21. The van der Waals surface area contributed by atoms with Gasteiger partial charge in [0.1, 0.15) is 0 Å². The molecule has 2 aromatic carbocycles. The molecule has 0 aliphatic heterocycles. The fourth-order valence-electron chi connectivity index (χ4n) is 2.48. The quantitative estimate of drug-likeness (QED) is 0.503. The number of nitrogens with zero attached hydrogens (tertiary/aromatic N) is 3. The summed E-state index contributed by atoms with van der Waals surface area (Å²) in [5.74, 6) is -0.961. The van der Waals surface area contributed by atoms with Crippen molar-refractivity contribution in [2.24, 2.45) is 0 Å². The molecule has 0 spiro atoms. The van der Waals surface area contributed by atoms with Crippen LogP contribution in [0, 0.1) is 10.1 Å². The number of para-hydroxylation sites is 1. The van der Waals surface area contributed by atoms with Crippen LogP contribution in [0.3, 0.4) is 0 Å². The SMILES string of the molecule is CCn1cc(NC(=O)c2ccc([N+](=O)[O-])cc2)c(C(=O)Nc2ccccc2)n1. The molecule has 0 saturated heterocycles. The van der Waals surface area contributed by atoms with Gasteiger partial charge in [-0.2, -0.15) is 5.10 Å². The zero-order valence-electron chi connectivity index (χ0n) is 15.0. The average molecular weight is 379 g/mol. The molecule has 2 N–H and O–H groups in total. The molecule has 9 heteroatoms. The second-order valence-corrected chi connectivity index (χ2v) is 5.83. The van der Waals surface area contributed by atoms with Gasteiger partial charge < -0.3 is 10.6 Å². The van der Waals surface area contributed by atoms with Crippen molar-refractivity contribution in [2.45, 2.75) is 13.5 Å². The summed E-state index contributed by atoms with van der Waals surface area (Å²) in [6.45, 7) is 2.37. The lowest BCUT2D eigenvalue weighted by Crippen LogP contribution is -2.18. The molecule has 2 amide bonds. The summed E-state index contributed by atoms with van der Waals surface area (Å²) in [7, 11) is 0. The van der Waals surface area contributed by atoms with E-state index in [4.69, 9.17) is 0 Å². The third-order valence-corrected chi connectivity index (χ3v) is 3.92. The summed E-state index contributed by atoms with van der Waals surface area (Å²) in [6, 6.07) is 14.1. The van der Waals surface area contributed by atoms with E-state index >= 15 is 0 Å². The third-order valence-electron chi connectivity index (χ3n) is 3.92. The molecule has 0 bridgehead atoms. The Balaban J connectivity index is 1.81. The molecule has 28 heavy (non-hydrogen) atoms. The number of nitro groups is 1. The van der Waals surface area contributed by atoms with Gasteiger partial charge in [-0.05, 0) is 31.2 Å². The number of hydrogen-bond donors (Lipinski definition) is 2. The number of aryl methyl sites for hydroxylation is 1. The first-order valence-corrected chi connectivity index (χ1v) is 8.47. The van der Waals surface area contributed by atoms with E-state index in [1.807, 2.05) is 13.0 Å². The van der Waals surface area contributed by atoms with Crippen LogP contribution in [0.2, 0.25) is 0 Å². The molecule has 1 aromatic heterocycles. The molecule has 0 unspecified atom stereocenters. The number of hydrogen-bond acceptors (Lipinski definition) is 5. The molecule has 1 heterocycles. The Morgan fingerprint density at radius 1 is 1.04 bits per heavy atom. The second-order valence-electron chi connectivity index (χ2n) is 5.83. The second kappa shape index (κ2) is 8.12. The molecule has 0 radical (unpaired) electrons. The maximum absolute atomic E-state index is 12.6. The smallest absolute Gasteiger partial charge is 0.278 e. The Bertz CT molecular complexity index is 1010. The van der Waals surface area contributed by atoms with Gasteiger partial charge in [-0.15, -0.1) is 0 Å². The molecule has 0 atom stereocenters. The van der Waals surface area contributed by atoms with Crippen LogP contribution in [0.25, 0.3) is 0 Å². The minimum atomic E-state index is -0.543. The standard InChI is InChI=1S/C19H17N5O4/c1-2-23-12-16(17(22-23)19(26)20-14-6-4-3-5-7-14)21-18(25)13-8-10-15(11-9-13)24(27)28/h3-12H,2H2,1H3,(H,20,26)(H,21,25). The minimum absolute atomic E-state index is 0.0703. The van der Waals surface area contributed by atoms with Gasteiger partial charge in [0, 0.05) is 36.1 Å². The van der Waals surface area contributed by atoms with Gasteiger partial charge in [0.05, 0.1) is 10.6 Å². The summed E-state index contributed by atoms with van der Waals surface area (Å²) in [4.78, 5) is 35.3. The lowest BCUT2D eigenvalue weighted by atomic mass is 10.2. The topological polar surface area (TPSA) is 119 Å². The van der Waals surface area contributed by atoms with Crippen molar-refractivity contribution in [3.63, 3.8) is 0 Å². The summed E-state index contributed by atoms with van der Waals surface area (Å²) in [5, 5.41) is 20.3. The monoisotopic (exact) mass is 379 g/mol. The lowest BCUT2D eigenvalue weighted by Gasteiger charge is -2.06. The molecular formula is C19H17N5O4. The van der Waals surface area contributed by atoms with Gasteiger partial charge in [0.2, 0.25) is 0 Å². The van der Waals surface area contributed by atoms with E-state index in [0.29, 0.717) is 12.2 Å². The van der Waals surface area contributed by atoms with Crippen LogP contribution in [-0.4, -0.2) is 26.5 Å². The number of amides is 2. The molecule has 142 valence electrons. The Morgan fingerprint density at radius 3 is 2.32 bits per heavy atom. The van der Waals surface area contributed by atoms with E-state index in [0.717, 1.165) is 0 Å². The highest BCUT2D eigenvalue weighted by atomic mass is 16.6. The minimum Gasteiger partial charge on any atom is -0.321 e. The van der Waals surface area contributed by atoms with Gasteiger partial charge in [-0.3, -0.25) is 24.4 Å². The first-order valence-electron chi connectivity index (χ1n) is 8.47. The molecule has 3 aromatic rings. The highest BCUT2D eigenvalue weighted by molar-refractivity contribution is 6.11. The van der Waals surface area contributed by atoms with Gasteiger partial charge in [-0.1, -0.05) is 18.2 Å². The lowest BCUT2D eigenvalue weighted by molar-refractivity contribution is -0.384. The van der Waals surface area contributed by atoms with Crippen LogP contribution in [0.5, 0.6) is 0 Å². The number of nitrogens with one attached hydrogen (secondary N) is 2. The van der Waals surface area contributed by atoms with Crippen molar-refractivity contribution in [2.75, 3.05) is 10.6 Å². The Hall–Kier alpha value is -4.01. The highest BCUT2D eigenvalue weighted by Gasteiger charge is 2.19. The molecule has 0 saturated carbocycles. The molecule has 0 fully saturated rings. The number of carbonyl (C=O) groups excluding carboxylic acids is 2. The molecule has 0 aliphatic carbocycles. The summed E-state index contributed by atoms with van der Waals surface area (Å²) >= 11 is 0. The van der Waals surface area contributed by atoms with Crippen molar-refractivity contribution in [3.05, 3.63) is 82.2 Å². The van der Waals surface area contributed by atoms with E-state index in [1.54, 1.807) is 30.5 Å². The van der Waals surface area contributed by atoms with Crippen LogP contribution >= 0.6 is 0 Å². The number of anilines is 2. The number of aromatic nitrogens is 2. The van der Waals surface area contributed by atoms with Crippen LogP contribution in [0.4, 0.5) is 17.1 Å². The Morgan fingerprint density at radius 2 is 1.71 bits per heavy atom. The predicted octanol–water partition coefficient (Wildman–Crippen LogP) is 3.32. The fourth-order valence-corrected chi connectivity index (χ4v) is 2.48. The summed E-state index contributed by atoms with van der Waals surface area (Å²) in [5.41, 5.74) is 1.04. The number of rotatable bonds is 6. The molecular weight excluding hydrogens is 362 g/mol. The van der Waals surface area contributed by atoms with E-state index in [1.165, 1.54) is 28.9 Å². The first-order chi connectivity index (χ1) is 13.5. The molecule has 9 nitrogen and oxygen atoms in total. The van der Waals surface area contributed by atoms with Crippen LogP contribution < -0.4 is 10.6 Å². The van der Waals surface area contributed by atoms with E-state index in [2.05, 4.69) is 15.7 Å². The van der Waals surface area contributed by atoms with Crippen LogP contribution in [0.1, 0.15) is 27.8 Å². The van der Waals surface area contributed by atoms with E-state index in [-0.39, 0.29) is 22.6 Å². The van der Waals surface area contributed by atoms with Crippen LogP contribution in [0.15, 0.2) is 60.8 Å². The predicted molar refractivity (Wildman–Crippen MR) is 103 cm³/mol. The number of carbonyl (C=O) groups is 2. The van der Waals surface area contributed by atoms with Crippen molar-refractivity contribution < 1.29 is 14.5 Å². The van der Waals surface area contributed by atoms with Crippen molar-refractivity contribution in [1.29, 1.82) is 0 Å². The molecule has 0 aliphatic rings. The summed E-state index contributed by atoms with van der Waals surface area (Å²) in [6.07, 6.45) is 1.56. The molecule has 3 rings (SSSR count). The van der Waals surface area contributed by atoms with Gasteiger partial charge >= 0.3 is 0 Å². The Kier molecular flexibility index (Phi) is 5.45. The maximum Gasteiger partial charge on any atom is 0.278 e. The van der Waals surface area contributed by atoms with E-state index in [9.17, 15) is 19.7 Å². The number of non-ortho nitro benzene ring substituents is 1. The number of benzene rings is 2. The van der Waals surface area contributed by atoms with Gasteiger partial charge in [-0.25, -0.2) is 0 Å². The number of nitro benzene ring substituents is 1. The largest absolute Gasteiger partial charge is 0.321 e. The van der Waals surface area contributed by atoms with Crippen molar-refractivity contribution >= 4 is 28.9 Å². The fraction of sp³-hybridized carbons (Fsp3) is 0.105. The zero-order chi connectivity index (χ0) is 20.1. The van der Waals surface area contributed by atoms with Gasteiger partial charge in [0.15, 0.2) is 5.69 Å². The zero-order valence-corrected chi connectivity index (χ0v) is 15.0. The maximum atomic E-state index is 12.6. The Labute approximate surface area is 160 Å². The van der Waals surface area contributed by atoms with Crippen molar-refractivity contribution in [3.8, 4) is 0 Å². The first kappa shape index (κ1) is 18.8. The normalized spacial score (nSPS) is 10.3.